The van der Waals surface area contributed by atoms with Gasteiger partial charge in [-0.1, -0.05) is 39.5 Å². The maximum Gasteiger partial charge on any atom is 0.339 e. The quantitative estimate of drug-likeness (QED) is 0.358. The van der Waals surface area contributed by atoms with Gasteiger partial charge in [0, 0.05) is 0 Å². The van der Waals surface area contributed by atoms with Crippen molar-refractivity contribution >= 4 is 23.9 Å². The summed E-state index contributed by atoms with van der Waals surface area (Å²) in [7, 11) is 0. The molecule has 0 saturated carbocycles. The standard InChI is InChI=1S/C20H26O8/c1-3-5-6-8-12(7-4-2)11-28-20(27)16-10-14(18(23)24)13(17(21)22)9-15(16)19(25)26/h9-10,12H,3-8,11H2,1-2H3,(H,21,22)(H,23,24)(H,25,26). The Morgan fingerprint density at radius 2 is 1.29 bits per heavy atom. The lowest BCUT2D eigenvalue weighted by atomic mass is 9.97. The molecular formula is C20H26O8. The summed E-state index contributed by atoms with van der Waals surface area (Å²) in [5, 5.41) is 27.6. The Hall–Kier alpha value is -2.90. The first-order valence-electron chi connectivity index (χ1n) is 9.27. The second-order valence-corrected chi connectivity index (χ2v) is 6.61. The number of benzene rings is 1. The molecule has 0 fully saturated rings. The molecule has 1 aromatic rings. The maximum absolute atomic E-state index is 12.4. The summed E-state index contributed by atoms with van der Waals surface area (Å²) in [6, 6.07) is 1.43. The summed E-state index contributed by atoms with van der Waals surface area (Å²) in [6.45, 7) is 4.20. The summed E-state index contributed by atoms with van der Waals surface area (Å²) in [4.78, 5) is 46.4. The summed E-state index contributed by atoms with van der Waals surface area (Å²) in [5.74, 6) is -5.57. The lowest BCUT2D eigenvalue weighted by Gasteiger charge is -2.17. The normalized spacial score (nSPS) is 11.6. The van der Waals surface area contributed by atoms with E-state index < -0.39 is 46.1 Å². The van der Waals surface area contributed by atoms with E-state index in [1.54, 1.807) is 0 Å². The second kappa shape index (κ2) is 11.1. The van der Waals surface area contributed by atoms with Crippen molar-refractivity contribution in [2.45, 2.75) is 52.4 Å². The Bertz CT molecular complexity index is 738. The molecule has 1 aromatic carbocycles. The zero-order chi connectivity index (χ0) is 21.3. The number of esters is 1. The first-order chi connectivity index (χ1) is 13.2. The topological polar surface area (TPSA) is 138 Å². The average molecular weight is 394 g/mol. The molecule has 1 rings (SSSR count). The fraction of sp³-hybridized carbons (Fsp3) is 0.500. The fourth-order valence-electron chi connectivity index (χ4n) is 2.97. The summed E-state index contributed by atoms with van der Waals surface area (Å²) in [6.07, 6.45) is 5.76. The van der Waals surface area contributed by atoms with Gasteiger partial charge < -0.3 is 20.1 Å². The Kier molecular flexibility index (Phi) is 9.14. The number of hydrogen-bond acceptors (Lipinski definition) is 5. The van der Waals surface area contributed by atoms with Crippen LogP contribution in [0.3, 0.4) is 0 Å². The van der Waals surface area contributed by atoms with Gasteiger partial charge in [0.1, 0.15) is 0 Å². The van der Waals surface area contributed by atoms with Crippen LogP contribution in [0.1, 0.15) is 93.8 Å². The van der Waals surface area contributed by atoms with Crippen LogP contribution < -0.4 is 0 Å². The number of carbonyl (C=O) groups excluding carboxylic acids is 1. The number of rotatable bonds is 12. The largest absolute Gasteiger partial charge is 0.478 e. The van der Waals surface area contributed by atoms with E-state index in [2.05, 4.69) is 6.92 Å². The Balaban J connectivity index is 3.10. The van der Waals surface area contributed by atoms with Gasteiger partial charge in [0.15, 0.2) is 0 Å². The SMILES string of the molecule is CCCCCC(CCC)COC(=O)c1cc(C(=O)O)c(C(=O)O)cc1C(=O)O. The van der Waals surface area contributed by atoms with Crippen LogP contribution in [0.2, 0.25) is 0 Å². The highest BCUT2D eigenvalue weighted by Crippen LogP contribution is 2.21. The molecule has 0 saturated heterocycles. The third-order valence-electron chi connectivity index (χ3n) is 4.43. The van der Waals surface area contributed by atoms with Gasteiger partial charge in [0.05, 0.1) is 28.9 Å². The van der Waals surface area contributed by atoms with Gasteiger partial charge in [-0.3, -0.25) is 0 Å². The number of carboxylic acids is 3. The van der Waals surface area contributed by atoms with E-state index >= 15 is 0 Å². The molecule has 0 aliphatic carbocycles. The molecular weight excluding hydrogens is 368 g/mol. The van der Waals surface area contributed by atoms with Crippen molar-refractivity contribution < 1.29 is 39.2 Å². The number of carbonyl (C=O) groups is 4. The third-order valence-corrected chi connectivity index (χ3v) is 4.43. The van der Waals surface area contributed by atoms with Gasteiger partial charge in [-0.2, -0.15) is 0 Å². The van der Waals surface area contributed by atoms with Crippen molar-refractivity contribution in [1.82, 2.24) is 0 Å². The first-order valence-corrected chi connectivity index (χ1v) is 9.27. The molecule has 0 aliphatic heterocycles. The predicted octanol–water partition coefficient (Wildman–Crippen LogP) is 3.93. The highest BCUT2D eigenvalue weighted by Gasteiger charge is 2.26. The molecule has 0 bridgehead atoms. The lowest BCUT2D eigenvalue weighted by Crippen LogP contribution is -2.19. The van der Waals surface area contributed by atoms with Crippen molar-refractivity contribution in [1.29, 1.82) is 0 Å². The number of aromatic carboxylic acids is 3. The second-order valence-electron chi connectivity index (χ2n) is 6.61. The Labute approximate surface area is 163 Å². The van der Waals surface area contributed by atoms with Gasteiger partial charge in [0.2, 0.25) is 0 Å². The minimum atomic E-state index is -1.60. The van der Waals surface area contributed by atoms with E-state index in [4.69, 9.17) is 9.84 Å². The number of carboxylic acid groups (broad SMARTS) is 3. The molecule has 0 spiro atoms. The minimum absolute atomic E-state index is 0.0958. The summed E-state index contributed by atoms with van der Waals surface area (Å²) in [5.41, 5.74) is -2.45. The molecule has 1 unspecified atom stereocenters. The molecule has 1 atom stereocenters. The van der Waals surface area contributed by atoms with Crippen LogP contribution in [0.4, 0.5) is 0 Å². The van der Waals surface area contributed by atoms with Crippen molar-refractivity contribution in [3.8, 4) is 0 Å². The zero-order valence-electron chi connectivity index (χ0n) is 16.1. The third kappa shape index (κ3) is 6.37. The highest BCUT2D eigenvalue weighted by atomic mass is 16.5. The van der Waals surface area contributed by atoms with Gasteiger partial charge >= 0.3 is 23.9 Å². The van der Waals surface area contributed by atoms with E-state index in [9.17, 15) is 29.4 Å². The summed E-state index contributed by atoms with van der Waals surface area (Å²) >= 11 is 0. The minimum Gasteiger partial charge on any atom is -0.478 e. The molecule has 0 amide bonds. The van der Waals surface area contributed by atoms with Gasteiger partial charge in [-0.05, 0) is 30.9 Å². The number of ether oxygens (including phenoxy) is 1. The zero-order valence-corrected chi connectivity index (χ0v) is 16.1. The monoisotopic (exact) mass is 394 g/mol. The number of unbranched alkanes of at least 4 members (excludes halogenated alkanes) is 2. The van der Waals surface area contributed by atoms with Gasteiger partial charge in [-0.25, -0.2) is 19.2 Å². The molecule has 3 N–H and O–H groups in total. The molecule has 8 nitrogen and oxygen atoms in total. The van der Waals surface area contributed by atoms with Crippen LogP contribution in [0, 0.1) is 5.92 Å². The molecule has 154 valence electrons. The van der Waals surface area contributed by atoms with Crippen molar-refractivity contribution in [2.75, 3.05) is 6.61 Å². The first kappa shape index (κ1) is 23.1. The van der Waals surface area contributed by atoms with Crippen LogP contribution in [0.25, 0.3) is 0 Å². The van der Waals surface area contributed by atoms with Crippen LogP contribution >= 0.6 is 0 Å². The lowest BCUT2D eigenvalue weighted by molar-refractivity contribution is 0.0415. The van der Waals surface area contributed by atoms with E-state index in [-0.39, 0.29) is 12.5 Å². The van der Waals surface area contributed by atoms with Crippen molar-refractivity contribution in [2.24, 2.45) is 5.92 Å². The molecule has 28 heavy (non-hydrogen) atoms. The average Bonchev–Trinajstić information content (AvgIpc) is 2.64. The van der Waals surface area contributed by atoms with E-state index in [0.29, 0.717) is 6.07 Å². The van der Waals surface area contributed by atoms with Crippen LogP contribution in [-0.4, -0.2) is 45.8 Å². The van der Waals surface area contributed by atoms with Gasteiger partial charge in [-0.15, -0.1) is 0 Å². The van der Waals surface area contributed by atoms with Crippen LogP contribution in [0.5, 0.6) is 0 Å². The Morgan fingerprint density at radius 3 is 1.75 bits per heavy atom. The van der Waals surface area contributed by atoms with E-state index in [0.717, 1.165) is 44.6 Å². The molecule has 0 aliphatic rings. The van der Waals surface area contributed by atoms with Gasteiger partial charge in [0.25, 0.3) is 0 Å². The van der Waals surface area contributed by atoms with Crippen LogP contribution in [0.15, 0.2) is 12.1 Å². The van der Waals surface area contributed by atoms with Crippen LogP contribution in [-0.2, 0) is 4.74 Å². The smallest absolute Gasteiger partial charge is 0.339 e. The van der Waals surface area contributed by atoms with Crippen molar-refractivity contribution in [3.63, 3.8) is 0 Å². The van der Waals surface area contributed by atoms with Crippen molar-refractivity contribution in [3.05, 3.63) is 34.4 Å². The molecule has 0 aromatic heterocycles. The molecule has 8 heteroatoms. The summed E-state index contributed by atoms with van der Waals surface area (Å²) < 4.78 is 5.26. The Morgan fingerprint density at radius 1 is 0.786 bits per heavy atom. The molecule has 0 radical (unpaired) electrons. The predicted molar refractivity (Wildman–Crippen MR) is 100 cm³/mol. The highest BCUT2D eigenvalue weighted by molar-refractivity contribution is 6.09. The fourth-order valence-corrected chi connectivity index (χ4v) is 2.97. The van der Waals surface area contributed by atoms with E-state index in [1.807, 2.05) is 6.92 Å². The van der Waals surface area contributed by atoms with E-state index in [1.165, 1.54) is 0 Å². The number of hydrogen-bond donors (Lipinski definition) is 3. The molecule has 0 heterocycles. The maximum atomic E-state index is 12.4.